The largest absolute Gasteiger partial charge is 0.497 e. The lowest BCUT2D eigenvalue weighted by molar-refractivity contribution is -0.114. The number of methoxy groups -OCH3 is 1. The summed E-state index contributed by atoms with van der Waals surface area (Å²) in [6.45, 7) is 7.89. The number of amides is 2. The summed E-state index contributed by atoms with van der Waals surface area (Å²) in [6, 6.07) is 11.1. The molecular weight excluding hydrogens is 368 g/mol. The summed E-state index contributed by atoms with van der Waals surface area (Å²) in [5.74, 6) is 1.06. The van der Waals surface area contributed by atoms with Gasteiger partial charge in [0.2, 0.25) is 5.91 Å². The van der Waals surface area contributed by atoms with E-state index in [4.69, 9.17) is 9.72 Å². The van der Waals surface area contributed by atoms with Gasteiger partial charge >= 0.3 is 0 Å². The molecule has 0 unspecified atom stereocenters. The van der Waals surface area contributed by atoms with Crippen LogP contribution < -0.4 is 15.4 Å². The van der Waals surface area contributed by atoms with Crippen molar-refractivity contribution in [3.05, 3.63) is 42.0 Å². The highest BCUT2D eigenvalue weighted by atomic mass is 16.5. The number of rotatable bonds is 6. The van der Waals surface area contributed by atoms with Crippen LogP contribution in [0.4, 0.5) is 5.69 Å². The molecule has 0 aliphatic carbocycles. The highest BCUT2D eigenvalue weighted by molar-refractivity contribution is 6.08. The number of benzene rings is 2. The Bertz CT molecular complexity index is 1070. The van der Waals surface area contributed by atoms with E-state index in [-0.39, 0.29) is 17.9 Å². The lowest BCUT2D eigenvalue weighted by atomic mass is 10.1. The quantitative estimate of drug-likeness (QED) is 0.665. The first-order chi connectivity index (χ1) is 13.8. The molecule has 7 nitrogen and oxygen atoms in total. The molecule has 7 heteroatoms. The van der Waals surface area contributed by atoms with Gasteiger partial charge in [-0.3, -0.25) is 9.59 Å². The van der Waals surface area contributed by atoms with Crippen LogP contribution in [0.3, 0.4) is 0 Å². The minimum atomic E-state index is -0.206. The lowest BCUT2D eigenvalue weighted by Gasteiger charge is -2.13. The molecule has 3 aromatic rings. The Morgan fingerprint density at radius 1 is 1.21 bits per heavy atom. The average Bonchev–Trinajstić information content (AvgIpc) is 3.04. The van der Waals surface area contributed by atoms with Gasteiger partial charge in [0.15, 0.2) is 0 Å². The Labute approximate surface area is 170 Å². The topological polar surface area (TPSA) is 85.2 Å². The van der Waals surface area contributed by atoms with E-state index in [1.165, 1.54) is 6.92 Å². The molecule has 0 atom stereocenters. The fourth-order valence-corrected chi connectivity index (χ4v) is 3.35. The minimum absolute atomic E-state index is 0.0159. The third-order valence-electron chi connectivity index (χ3n) is 4.47. The van der Waals surface area contributed by atoms with Crippen molar-refractivity contribution in [1.29, 1.82) is 0 Å². The summed E-state index contributed by atoms with van der Waals surface area (Å²) in [7, 11) is 1.62. The fraction of sp³-hybridized carbons (Fsp3) is 0.318. The number of aromatic nitrogens is 2. The van der Waals surface area contributed by atoms with Gasteiger partial charge in [-0.05, 0) is 45.0 Å². The van der Waals surface area contributed by atoms with Crippen LogP contribution in [0, 0.1) is 0 Å². The first-order valence-corrected chi connectivity index (χ1v) is 9.61. The zero-order chi connectivity index (χ0) is 21.1. The van der Waals surface area contributed by atoms with Crippen LogP contribution in [-0.4, -0.2) is 34.5 Å². The van der Waals surface area contributed by atoms with Crippen molar-refractivity contribution < 1.29 is 14.3 Å². The zero-order valence-electron chi connectivity index (χ0n) is 17.4. The number of imidazole rings is 1. The first-order valence-electron chi connectivity index (χ1n) is 9.61. The zero-order valence-corrected chi connectivity index (χ0v) is 17.4. The summed E-state index contributed by atoms with van der Waals surface area (Å²) >= 11 is 0. The van der Waals surface area contributed by atoms with Gasteiger partial charge < -0.3 is 19.9 Å². The Morgan fingerprint density at radius 3 is 2.59 bits per heavy atom. The van der Waals surface area contributed by atoms with Crippen LogP contribution in [-0.2, 0) is 11.3 Å². The van der Waals surface area contributed by atoms with Gasteiger partial charge in [-0.1, -0.05) is 12.1 Å². The Balaban J connectivity index is 2.27. The number of hydrogen-bond donors (Lipinski definition) is 2. The number of hydrogen-bond acceptors (Lipinski definition) is 4. The van der Waals surface area contributed by atoms with Crippen LogP contribution in [0.25, 0.3) is 22.4 Å². The van der Waals surface area contributed by atoms with Crippen molar-refractivity contribution >= 4 is 28.5 Å². The number of ether oxygens (including phenoxy) is 1. The first kappa shape index (κ1) is 20.4. The highest BCUT2D eigenvalue weighted by Gasteiger charge is 2.21. The van der Waals surface area contributed by atoms with Crippen molar-refractivity contribution in [3.63, 3.8) is 0 Å². The van der Waals surface area contributed by atoms with Gasteiger partial charge in [0.05, 0.1) is 23.7 Å². The van der Waals surface area contributed by atoms with E-state index in [0.717, 1.165) is 22.7 Å². The van der Waals surface area contributed by atoms with Crippen LogP contribution in [0.5, 0.6) is 5.75 Å². The van der Waals surface area contributed by atoms with Gasteiger partial charge in [0.25, 0.3) is 5.91 Å². The fourth-order valence-electron chi connectivity index (χ4n) is 3.35. The van der Waals surface area contributed by atoms with E-state index in [0.29, 0.717) is 23.3 Å². The number of carbonyl (C=O) groups is 2. The van der Waals surface area contributed by atoms with Gasteiger partial charge in [-0.25, -0.2) is 4.98 Å². The van der Waals surface area contributed by atoms with Crippen molar-refractivity contribution in [2.75, 3.05) is 12.4 Å². The predicted octanol–water partition coefficient (Wildman–Crippen LogP) is 3.83. The third-order valence-corrected chi connectivity index (χ3v) is 4.47. The molecule has 2 N–H and O–H groups in total. The number of nitrogens with one attached hydrogen (secondary N) is 2. The minimum Gasteiger partial charge on any atom is -0.497 e. The molecule has 0 spiro atoms. The lowest BCUT2D eigenvalue weighted by Crippen LogP contribution is -2.30. The molecule has 0 saturated carbocycles. The summed E-state index contributed by atoms with van der Waals surface area (Å²) in [5, 5.41) is 5.70. The SMILES string of the molecule is CCn1c(-c2cccc(OC)c2)nc2cc(NC(C)=O)cc(C(=O)NC(C)C)c21. The van der Waals surface area contributed by atoms with Crippen molar-refractivity contribution in [2.24, 2.45) is 0 Å². The molecule has 2 amide bonds. The summed E-state index contributed by atoms with van der Waals surface area (Å²) < 4.78 is 7.35. The van der Waals surface area contributed by atoms with E-state index in [9.17, 15) is 9.59 Å². The van der Waals surface area contributed by atoms with E-state index < -0.39 is 0 Å². The van der Waals surface area contributed by atoms with Crippen LogP contribution >= 0.6 is 0 Å². The number of carbonyl (C=O) groups excluding carboxylic acids is 2. The predicted molar refractivity (Wildman–Crippen MR) is 114 cm³/mol. The Morgan fingerprint density at radius 2 is 1.97 bits per heavy atom. The van der Waals surface area contributed by atoms with Gasteiger partial charge in [-0.15, -0.1) is 0 Å². The molecule has 0 radical (unpaired) electrons. The van der Waals surface area contributed by atoms with Gasteiger partial charge in [0, 0.05) is 30.8 Å². The maximum atomic E-state index is 12.9. The molecule has 3 rings (SSSR count). The number of anilines is 1. The third kappa shape index (κ3) is 4.23. The maximum absolute atomic E-state index is 12.9. The number of nitrogens with zero attached hydrogens (tertiary/aromatic N) is 2. The molecule has 152 valence electrons. The standard InChI is InChI=1S/C22H26N4O3/c1-6-26-20-18(22(28)23-13(2)3)11-16(24-14(4)27)12-19(20)25-21(26)15-8-7-9-17(10-15)29-5/h7-13H,6H2,1-5H3,(H,23,28)(H,24,27). The molecule has 0 saturated heterocycles. The average molecular weight is 394 g/mol. The van der Waals surface area contributed by atoms with Crippen molar-refractivity contribution in [3.8, 4) is 17.1 Å². The normalized spacial score (nSPS) is 11.0. The molecule has 29 heavy (non-hydrogen) atoms. The summed E-state index contributed by atoms with van der Waals surface area (Å²) in [4.78, 5) is 29.3. The smallest absolute Gasteiger partial charge is 0.253 e. The Hall–Kier alpha value is -3.35. The van der Waals surface area contributed by atoms with Crippen molar-refractivity contribution in [1.82, 2.24) is 14.9 Å². The van der Waals surface area contributed by atoms with E-state index in [1.54, 1.807) is 19.2 Å². The molecule has 1 aromatic heterocycles. The molecule has 0 bridgehead atoms. The number of fused-ring (bicyclic) bond motifs is 1. The Kier molecular flexibility index (Phi) is 5.87. The second kappa shape index (κ2) is 8.34. The van der Waals surface area contributed by atoms with Crippen LogP contribution in [0.15, 0.2) is 36.4 Å². The van der Waals surface area contributed by atoms with Crippen molar-refractivity contribution in [2.45, 2.75) is 40.3 Å². The van der Waals surface area contributed by atoms with E-state index in [1.807, 2.05) is 49.6 Å². The van der Waals surface area contributed by atoms with Crippen LogP contribution in [0.1, 0.15) is 38.1 Å². The van der Waals surface area contributed by atoms with Gasteiger partial charge in [-0.2, -0.15) is 0 Å². The molecule has 1 heterocycles. The van der Waals surface area contributed by atoms with Gasteiger partial charge in [0.1, 0.15) is 11.6 Å². The number of aryl methyl sites for hydroxylation is 1. The second-order valence-corrected chi connectivity index (χ2v) is 7.11. The summed E-state index contributed by atoms with van der Waals surface area (Å²) in [6.07, 6.45) is 0. The van der Waals surface area contributed by atoms with E-state index in [2.05, 4.69) is 10.6 Å². The second-order valence-electron chi connectivity index (χ2n) is 7.11. The summed E-state index contributed by atoms with van der Waals surface area (Å²) in [5.41, 5.74) is 3.28. The molecule has 0 fully saturated rings. The molecule has 0 aliphatic heterocycles. The molecule has 0 aliphatic rings. The maximum Gasteiger partial charge on any atom is 0.253 e. The molecule has 2 aromatic carbocycles. The monoisotopic (exact) mass is 394 g/mol. The highest BCUT2D eigenvalue weighted by Crippen LogP contribution is 2.31. The van der Waals surface area contributed by atoms with Crippen LogP contribution in [0.2, 0.25) is 0 Å². The van der Waals surface area contributed by atoms with E-state index >= 15 is 0 Å². The molecular formula is C22H26N4O3.